The van der Waals surface area contributed by atoms with E-state index >= 15 is 0 Å². The first-order valence-corrected chi connectivity index (χ1v) is 5.96. The molecule has 16 heavy (non-hydrogen) atoms. The number of anilines is 1. The van der Waals surface area contributed by atoms with Gasteiger partial charge in [-0.2, -0.15) is 0 Å². The molecular formula is C14H21NO. The van der Waals surface area contributed by atoms with Crippen LogP contribution in [0.4, 0.5) is 5.69 Å². The minimum absolute atomic E-state index is 0.134. The van der Waals surface area contributed by atoms with Crippen LogP contribution in [0.1, 0.15) is 44.9 Å². The molecule has 1 aliphatic heterocycles. The summed E-state index contributed by atoms with van der Waals surface area (Å²) in [6.45, 7) is 9.51. The van der Waals surface area contributed by atoms with Crippen LogP contribution >= 0.6 is 0 Å². The monoisotopic (exact) mass is 219 g/mol. The van der Waals surface area contributed by atoms with Gasteiger partial charge in [0.05, 0.1) is 6.10 Å². The smallest absolute Gasteiger partial charge is 0.0852 e. The molecule has 2 nitrogen and oxygen atoms in total. The number of rotatable bonds is 0. The normalized spacial score (nSPS) is 24.8. The summed E-state index contributed by atoms with van der Waals surface area (Å²) in [4.78, 5) is 0. The molecule has 0 bridgehead atoms. The Labute approximate surface area is 97.7 Å². The van der Waals surface area contributed by atoms with Crippen molar-refractivity contribution >= 4 is 5.69 Å². The van der Waals surface area contributed by atoms with Gasteiger partial charge in [0.15, 0.2) is 0 Å². The lowest BCUT2D eigenvalue weighted by Gasteiger charge is -2.30. The van der Waals surface area contributed by atoms with Gasteiger partial charge in [-0.25, -0.2) is 0 Å². The molecule has 0 aliphatic carbocycles. The first-order valence-electron chi connectivity index (χ1n) is 5.96. The molecule has 88 valence electrons. The quantitative estimate of drug-likeness (QED) is 0.703. The summed E-state index contributed by atoms with van der Waals surface area (Å²) in [5.41, 5.74) is 3.54. The van der Waals surface area contributed by atoms with Gasteiger partial charge in [0, 0.05) is 23.7 Å². The van der Waals surface area contributed by atoms with Crippen molar-refractivity contribution < 1.29 is 5.11 Å². The second-order valence-electron chi connectivity index (χ2n) is 5.86. The lowest BCUT2D eigenvalue weighted by atomic mass is 9.83. The van der Waals surface area contributed by atoms with E-state index in [1.165, 1.54) is 5.56 Å². The second kappa shape index (κ2) is 3.77. The van der Waals surface area contributed by atoms with E-state index in [0.29, 0.717) is 0 Å². The van der Waals surface area contributed by atoms with Crippen molar-refractivity contribution in [3.05, 3.63) is 29.3 Å². The van der Waals surface area contributed by atoms with Crippen LogP contribution in [-0.2, 0) is 5.41 Å². The molecule has 0 fully saturated rings. The lowest BCUT2D eigenvalue weighted by Crippen LogP contribution is -2.26. The Hall–Kier alpha value is -1.02. The fourth-order valence-electron chi connectivity index (χ4n) is 2.12. The number of hydrogen-bond donors (Lipinski definition) is 2. The van der Waals surface area contributed by atoms with Crippen LogP contribution in [0, 0.1) is 5.92 Å². The van der Waals surface area contributed by atoms with Crippen LogP contribution < -0.4 is 5.32 Å². The van der Waals surface area contributed by atoms with Crippen molar-refractivity contribution in [3.8, 4) is 0 Å². The molecule has 1 heterocycles. The van der Waals surface area contributed by atoms with Crippen molar-refractivity contribution in [1.82, 2.24) is 0 Å². The van der Waals surface area contributed by atoms with Crippen molar-refractivity contribution in [2.45, 2.75) is 39.2 Å². The van der Waals surface area contributed by atoms with Crippen LogP contribution in [0.2, 0.25) is 0 Å². The molecule has 0 saturated heterocycles. The average Bonchev–Trinajstić information content (AvgIpc) is 2.22. The summed E-state index contributed by atoms with van der Waals surface area (Å²) in [5.74, 6) is 0.280. The van der Waals surface area contributed by atoms with Gasteiger partial charge in [-0.3, -0.25) is 0 Å². The zero-order chi connectivity index (χ0) is 11.9. The van der Waals surface area contributed by atoms with Crippen LogP contribution in [0.15, 0.2) is 18.2 Å². The number of aliphatic hydroxyl groups excluding tert-OH is 1. The maximum absolute atomic E-state index is 10.2. The highest BCUT2D eigenvalue weighted by Gasteiger charge is 2.26. The summed E-state index contributed by atoms with van der Waals surface area (Å²) in [5, 5.41) is 13.5. The summed E-state index contributed by atoms with van der Waals surface area (Å²) in [6, 6.07) is 6.38. The predicted molar refractivity (Wildman–Crippen MR) is 67.8 cm³/mol. The minimum atomic E-state index is -0.335. The van der Waals surface area contributed by atoms with E-state index in [-0.39, 0.29) is 17.4 Å². The molecule has 2 N–H and O–H groups in total. The van der Waals surface area contributed by atoms with Gasteiger partial charge in [-0.05, 0) is 17.0 Å². The molecule has 2 heteroatoms. The average molecular weight is 219 g/mol. The van der Waals surface area contributed by atoms with E-state index in [4.69, 9.17) is 0 Å². The third-order valence-corrected chi connectivity index (χ3v) is 3.39. The first-order chi connectivity index (χ1) is 7.39. The van der Waals surface area contributed by atoms with Gasteiger partial charge in [0.1, 0.15) is 0 Å². The van der Waals surface area contributed by atoms with E-state index in [1.807, 2.05) is 0 Å². The number of fused-ring (bicyclic) bond motifs is 1. The molecule has 0 amide bonds. The number of aliphatic hydroxyl groups is 1. The van der Waals surface area contributed by atoms with Gasteiger partial charge >= 0.3 is 0 Å². The Bertz CT molecular complexity index is 392. The summed E-state index contributed by atoms with van der Waals surface area (Å²) in [7, 11) is 0. The molecule has 2 unspecified atom stereocenters. The standard InChI is InChI=1S/C14H21NO/c1-9-8-15-12-6-5-10(14(2,3)4)7-11(12)13(9)16/h5-7,9,13,15-16H,8H2,1-4H3. The third-order valence-electron chi connectivity index (χ3n) is 3.39. The van der Waals surface area contributed by atoms with E-state index in [1.54, 1.807) is 0 Å². The number of hydrogen-bond acceptors (Lipinski definition) is 2. The minimum Gasteiger partial charge on any atom is -0.388 e. The molecule has 2 atom stereocenters. The molecule has 0 spiro atoms. The Kier molecular flexibility index (Phi) is 2.70. The highest BCUT2D eigenvalue weighted by Crippen LogP contribution is 2.36. The Balaban J connectivity index is 2.45. The highest BCUT2D eigenvalue weighted by molar-refractivity contribution is 5.56. The Morgan fingerprint density at radius 1 is 1.31 bits per heavy atom. The van der Waals surface area contributed by atoms with Crippen molar-refractivity contribution in [3.63, 3.8) is 0 Å². The van der Waals surface area contributed by atoms with Gasteiger partial charge < -0.3 is 10.4 Å². The first kappa shape index (κ1) is 11.5. The predicted octanol–water partition coefficient (Wildman–Crippen LogP) is 3.08. The van der Waals surface area contributed by atoms with Gasteiger partial charge in [-0.1, -0.05) is 39.8 Å². The van der Waals surface area contributed by atoms with E-state index in [9.17, 15) is 5.11 Å². The fourth-order valence-corrected chi connectivity index (χ4v) is 2.12. The van der Waals surface area contributed by atoms with Gasteiger partial charge in [0.2, 0.25) is 0 Å². The maximum atomic E-state index is 10.2. The molecule has 0 saturated carbocycles. The lowest BCUT2D eigenvalue weighted by molar-refractivity contribution is 0.120. The second-order valence-corrected chi connectivity index (χ2v) is 5.86. The molecule has 1 aromatic rings. The van der Waals surface area contributed by atoms with Crippen molar-refractivity contribution in [2.24, 2.45) is 5.92 Å². The molecule has 2 rings (SSSR count). The van der Waals surface area contributed by atoms with E-state index in [2.05, 4.69) is 51.2 Å². The fraction of sp³-hybridized carbons (Fsp3) is 0.571. The maximum Gasteiger partial charge on any atom is 0.0852 e. The Morgan fingerprint density at radius 3 is 2.62 bits per heavy atom. The van der Waals surface area contributed by atoms with E-state index < -0.39 is 0 Å². The van der Waals surface area contributed by atoms with Crippen LogP contribution in [0.5, 0.6) is 0 Å². The number of benzene rings is 1. The highest BCUT2D eigenvalue weighted by atomic mass is 16.3. The van der Waals surface area contributed by atoms with E-state index in [0.717, 1.165) is 17.8 Å². The van der Waals surface area contributed by atoms with Crippen LogP contribution in [-0.4, -0.2) is 11.7 Å². The molecule has 1 aliphatic rings. The summed E-state index contributed by atoms with van der Waals surface area (Å²) < 4.78 is 0. The number of nitrogens with one attached hydrogen (secondary N) is 1. The van der Waals surface area contributed by atoms with Crippen LogP contribution in [0.25, 0.3) is 0 Å². The molecular weight excluding hydrogens is 198 g/mol. The summed E-state index contributed by atoms with van der Waals surface area (Å²) in [6.07, 6.45) is -0.335. The van der Waals surface area contributed by atoms with Crippen molar-refractivity contribution in [2.75, 3.05) is 11.9 Å². The molecule has 0 aromatic heterocycles. The third kappa shape index (κ3) is 1.94. The molecule has 0 radical (unpaired) electrons. The zero-order valence-corrected chi connectivity index (χ0v) is 10.5. The zero-order valence-electron chi connectivity index (χ0n) is 10.5. The largest absolute Gasteiger partial charge is 0.388 e. The van der Waals surface area contributed by atoms with Gasteiger partial charge in [0.25, 0.3) is 0 Å². The summed E-state index contributed by atoms with van der Waals surface area (Å²) >= 11 is 0. The van der Waals surface area contributed by atoms with Crippen molar-refractivity contribution in [1.29, 1.82) is 0 Å². The van der Waals surface area contributed by atoms with Gasteiger partial charge in [-0.15, -0.1) is 0 Å². The van der Waals surface area contributed by atoms with Crippen LogP contribution in [0.3, 0.4) is 0 Å². The topological polar surface area (TPSA) is 32.3 Å². The molecule has 1 aromatic carbocycles. The SMILES string of the molecule is CC1CNc2ccc(C(C)(C)C)cc2C1O. The Morgan fingerprint density at radius 2 is 2.00 bits per heavy atom.